The van der Waals surface area contributed by atoms with Crippen LogP contribution >= 0.6 is 38.5 Å². The first-order valence-electron chi connectivity index (χ1n) is 2.51. The molecule has 10 heavy (non-hydrogen) atoms. The van der Waals surface area contributed by atoms with Crippen molar-refractivity contribution in [1.82, 2.24) is 0 Å². The van der Waals surface area contributed by atoms with E-state index in [1.165, 1.54) is 6.07 Å². The average Bonchev–Trinajstić information content (AvgIpc) is 1.84. The minimum atomic E-state index is -0.321. The Balaban J connectivity index is 3.28. The Morgan fingerprint density at radius 1 is 1.50 bits per heavy atom. The van der Waals surface area contributed by atoms with E-state index >= 15 is 0 Å². The largest absolute Gasteiger partial charge is 0.398 e. The fourth-order valence-corrected chi connectivity index (χ4v) is 1.78. The van der Waals surface area contributed by atoms with Crippen molar-refractivity contribution in [2.45, 2.75) is 0 Å². The molecule has 0 aliphatic carbocycles. The van der Waals surface area contributed by atoms with Gasteiger partial charge in [-0.3, -0.25) is 0 Å². The first kappa shape index (κ1) is 8.26. The first-order valence-corrected chi connectivity index (χ1v) is 4.38. The van der Waals surface area contributed by atoms with Crippen LogP contribution in [0, 0.1) is 9.39 Å². The second kappa shape index (κ2) is 3.04. The van der Waals surface area contributed by atoms with Crippen LogP contribution in [0.4, 0.5) is 10.1 Å². The molecule has 0 heterocycles. The zero-order valence-electron chi connectivity index (χ0n) is 4.87. The van der Waals surface area contributed by atoms with Crippen LogP contribution in [0.3, 0.4) is 0 Å². The van der Waals surface area contributed by atoms with Crippen LogP contribution in [0.5, 0.6) is 0 Å². The van der Waals surface area contributed by atoms with Crippen molar-refractivity contribution in [3.05, 3.63) is 26.0 Å². The highest BCUT2D eigenvalue weighted by Gasteiger charge is 2.01. The molecule has 0 fully saturated rings. The lowest BCUT2D eigenvalue weighted by atomic mass is 10.3. The summed E-state index contributed by atoms with van der Waals surface area (Å²) >= 11 is 5.09. The predicted molar refractivity (Wildman–Crippen MR) is 51.2 cm³/mol. The Hall–Kier alpha value is 0.160. The highest BCUT2D eigenvalue weighted by atomic mass is 127. The Morgan fingerprint density at radius 3 is 2.60 bits per heavy atom. The van der Waals surface area contributed by atoms with Gasteiger partial charge in [-0.15, -0.1) is 0 Å². The zero-order valence-corrected chi connectivity index (χ0v) is 8.61. The number of anilines is 1. The summed E-state index contributed by atoms with van der Waals surface area (Å²) in [7, 11) is 0. The van der Waals surface area contributed by atoms with Gasteiger partial charge >= 0.3 is 0 Å². The van der Waals surface area contributed by atoms with Crippen molar-refractivity contribution >= 4 is 44.2 Å². The van der Waals surface area contributed by atoms with Crippen molar-refractivity contribution < 1.29 is 4.39 Å². The summed E-state index contributed by atoms with van der Waals surface area (Å²) in [6.07, 6.45) is 0. The molecule has 0 radical (unpaired) electrons. The van der Waals surface area contributed by atoms with Crippen LogP contribution in [0.15, 0.2) is 16.6 Å². The molecule has 0 amide bonds. The van der Waals surface area contributed by atoms with Gasteiger partial charge in [0.1, 0.15) is 5.82 Å². The molecule has 0 spiro atoms. The lowest BCUT2D eigenvalue weighted by molar-refractivity contribution is 0.621. The van der Waals surface area contributed by atoms with Gasteiger partial charge in [-0.2, -0.15) is 0 Å². The summed E-state index contributed by atoms with van der Waals surface area (Å²) in [4.78, 5) is 0. The van der Waals surface area contributed by atoms with E-state index in [2.05, 4.69) is 15.9 Å². The van der Waals surface area contributed by atoms with Crippen molar-refractivity contribution in [3.8, 4) is 0 Å². The van der Waals surface area contributed by atoms with Crippen molar-refractivity contribution in [2.75, 3.05) is 5.73 Å². The molecule has 0 saturated carbocycles. The molecule has 1 aromatic rings. The molecule has 0 unspecified atom stereocenters. The van der Waals surface area contributed by atoms with E-state index in [0.717, 1.165) is 3.57 Å². The molecule has 2 N–H and O–H groups in total. The molecular weight excluding hydrogens is 312 g/mol. The quantitative estimate of drug-likeness (QED) is 0.445. The van der Waals surface area contributed by atoms with E-state index in [0.29, 0.717) is 10.2 Å². The summed E-state index contributed by atoms with van der Waals surface area (Å²) < 4.78 is 13.9. The highest BCUT2D eigenvalue weighted by Crippen LogP contribution is 2.23. The van der Waals surface area contributed by atoms with Gasteiger partial charge < -0.3 is 5.73 Å². The van der Waals surface area contributed by atoms with Gasteiger partial charge in [0.25, 0.3) is 0 Å². The maximum Gasteiger partial charge on any atom is 0.139 e. The molecule has 54 valence electrons. The van der Waals surface area contributed by atoms with Gasteiger partial charge in [0, 0.05) is 9.26 Å². The number of hydrogen-bond donors (Lipinski definition) is 1. The molecule has 4 heteroatoms. The maximum atomic E-state index is 12.6. The maximum absolute atomic E-state index is 12.6. The van der Waals surface area contributed by atoms with Crippen LogP contribution in [-0.4, -0.2) is 0 Å². The highest BCUT2D eigenvalue weighted by molar-refractivity contribution is 14.1. The second-order valence-corrected chi connectivity index (χ2v) is 3.80. The Kier molecular flexibility index (Phi) is 2.51. The van der Waals surface area contributed by atoms with Gasteiger partial charge in [-0.25, -0.2) is 4.39 Å². The third kappa shape index (κ3) is 1.60. The smallest absolute Gasteiger partial charge is 0.139 e. The molecule has 0 saturated heterocycles. The van der Waals surface area contributed by atoms with Crippen molar-refractivity contribution in [1.29, 1.82) is 0 Å². The van der Waals surface area contributed by atoms with E-state index in [4.69, 9.17) is 5.73 Å². The minimum absolute atomic E-state index is 0.321. The van der Waals surface area contributed by atoms with E-state index in [1.54, 1.807) is 6.07 Å². The number of nitrogen functional groups attached to an aromatic ring is 1. The molecule has 1 nitrogen and oxygen atoms in total. The summed E-state index contributed by atoms with van der Waals surface area (Å²) in [6.45, 7) is 0. The molecule has 0 aliphatic rings. The van der Waals surface area contributed by atoms with Gasteiger partial charge in [-0.1, -0.05) is 0 Å². The van der Waals surface area contributed by atoms with E-state index in [9.17, 15) is 4.39 Å². The molecule has 1 aromatic carbocycles. The van der Waals surface area contributed by atoms with Crippen LogP contribution in [0.2, 0.25) is 0 Å². The van der Waals surface area contributed by atoms with E-state index in [-0.39, 0.29) is 5.82 Å². The van der Waals surface area contributed by atoms with Gasteiger partial charge in [-0.05, 0) is 50.7 Å². The zero-order chi connectivity index (χ0) is 7.72. The Morgan fingerprint density at radius 2 is 2.10 bits per heavy atom. The molecule has 0 aromatic heterocycles. The molecule has 0 bridgehead atoms. The van der Waals surface area contributed by atoms with E-state index < -0.39 is 0 Å². The number of benzene rings is 1. The third-order valence-corrected chi connectivity index (χ3v) is 2.58. The summed E-state index contributed by atoms with van der Waals surface area (Å²) in [6, 6.07) is 2.94. The fraction of sp³-hybridized carbons (Fsp3) is 0. The third-order valence-electron chi connectivity index (χ3n) is 1.04. The number of halogens is 3. The Bertz CT molecular complexity index is 214. The van der Waals surface area contributed by atoms with Crippen molar-refractivity contribution in [2.24, 2.45) is 0 Å². The summed E-state index contributed by atoms with van der Waals surface area (Å²) in [5.41, 5.74) is 5.89. The first-order chi connectivity index (χ1) is 4.61. The van der Waals surface area contributed by atoms with Crippen LogP contribution in [0.25, 0.3) is 0 Å². The van der Waals surface area contributed by atoms with Gasteiger partial charge in [0.05, 0.1) is 4.47 Å². The monoisotopic (exact) mass is 315 g/mol. The summed E-state index contributed by atoms with van der Waals surface area (Å²) in [5.74, 6) is -0.321. The molecule has 0 atom stereocenters. The predicted octanol–water partition coefficient (Wildman–Crippen LogP) is 2.78. The number of nitrogens with two attached hydrogens (primary N) is 1. The molecular formula is C6H4BrFIN. The summed E-state index contributed by atoms with van der Waals surface area (Å²) in [5, 5.41) is 0. The Labute approximate surface area is 80.1 Å². The number of hydrogen-bond acceptors (Lipinski definition) is 1. The van der Waals surface area contributed by atoms with Crippen LogP contribution in [-0.2, 0) is 0 Å². The lowest BCUT2D eigenvalue weighted by Crippen LogP contribution is -1.90. The fourth-order valence-electron chi connectivity index (χ4n) is 0.538. The number of rotatable bonds is 0. The van der Waals surface area contributed by atoms with Crippen LogP contribution in [0.1, 0.15) is 0 Å². The SMILES string of the molecule is Nc1cc(F)c(Br)cc1I. The lowest BCUT2D eigenvalue weighted by Gasteiger charge is -1.98. The standard InChI is InChI=1S/C6H4BrFIN/c7-3-1-5(9)6(10)2-4(3)8/h1-2H,10H2. The molecule has 0 aliphatic heterocycles. The molecule has 1 rings (SSSR count). The normalized spacial score (nSPS) is 9.90. The second-order valence-electron chi connectivity index (χ2n) is 1.79. The van der Waals surface area contributed by atoms with Crippen LogP contribution < -0.4 is 5.73 Å². The van der Waals surface area contributed by atoms with E-state index in [1.807, 2.05) is 22.6 Å². The van der Waals surface area contributed by atoms with Gasteiger partial charge in [0.15, 0.2) is 0 Å². The topological polar surface area (TPSA) is 26.0 Å². The minimum Gasteiger partial charge on any atom is -0.398 e. The van der Waals surface area contributed by atoms with Gasteiger partial charge in [0.2, 0.25) is 0 Å². The average molecular weight is 316 g/mol. The van der Waals surface area contributed by atoms with Crippen molar-refractivity contribution in [3.63, 3.8) is 0 Å².